The number of nitrogens with zero attached hydrogens (tertiary/aromatic N) is 2. The van der Waals surface area contributed by atoms with Crippen molar-refractivity contribution in [3.05, 3.63) is 82.8 Å². The van der Waals surface area contributed by atoms with Crippen LogP contribution in [0.25, 0.3) is 16.8 Å². The number of amides is 3. The van der Waals surface area contributed by atoms with Crippen LogP contribution >= 0.6 is 11.8 Å². The second-order valence-electron chi connectivity index (χ2n) is 8.36. The lowest BCUT2D eigenvalue weighted by Gasteiger charge is -2.18. The van der Waals surface area contributed by atoms with E-state index >= 15 is 0 Å². The molecule has 3 amide bonds. The van der Waals surface area contributed by atoms with Gasteiger partial charge in [0.05, 0.1) is 4.91 Å². The van der Waals surface area contributed by atoms with Gasteiger partial charge in [0.15, 0.2) is 0 Å². The van der Waals surface area contributed by atoms with Crippen molar-refractivity contribution in [2.24, 2.45) is 0 Å². The number of ether oxygens (including phenoxy) is 1. The Morgan fingerprint density at radius 2 is 1.68 bits per heavy atom. The van der Waals surface area contributed by atoms with Gasteiger partial charge in [-0.15, -0.1) is 0 Å². The molecule has 0 N–H and O–H groups in total. The van der Waals surface area contributed by atoms with E-state index in [2.05, 4.69) is 24.3 Å². The summed E-state index contributed by atoms with van der Waals surface area (Å²) in [7, 11) is 0. The van der Waals surface area contributed by atoms with Gasteiger partial charge in [0, 0.05) is 18.7 Å². The molecule has 0 saturated carbocycles. The zero-order valence-electron chi connectivity index (χ0n) is 18.6. The number of fused-ring (bicyclic) bond motifs is 1. The molecule has 0 bridgehead atoms. The number of rotatable bonds is 6. The van der Waals surface area contributed by atoms with Gasteiger partial charge < -0.3 is 9.64 Å². The monoisotopic (exact) mass is 472 g/mol. The van der Waals surface area contributed by atoms with Gasteiger partial charge in [-0.25, -0.2) is 0 Å². The van der Waals surface area contributed by atoms with Crippen LogP contribution < -0.4 is 4.74 Å². The van der Waals surface area contributed by atoms with Crippen molar-refractivity contribution < 1.29 is 19.1 Å². The largest absolute Gasteiger partial charge is 0.488 e. The topological polar surface area (TPSA) is 66.9 Å². The molecule has 7 heteroatoms. The summed E-state index contributed by atoms with van der Waals surface area (Å²) >= 11 is 0.858. The van der Waals surface area contributed by atoms with Crippen LogP contribution in [0, 0.1) is 0 Å². The summed E-state index contributed by atoms with van der Waals surface area (Å²) in [6.07, 6.45) is 3.59. The highest BCUT2D eigenvalue weighted by molar-refractivity contribution is 8.18. The van der Waals surface area contributed by atoms with E-state index in [1.807, 2.05) is 42.5 Å². The van der Waals surface area contributed by atoms with Gasteiger partial charge in [0.2, 0.25) is 5.91 Å². The molecule has 0 unspecified atom stereocenters. The lowest BCUT2D eigenvalue weighted by Crippen LogP contribution is -2.40. The SMILES string of the molecule is O=C(CN1C(=O)S/C(=C\c2ccccc2OCc2ccc3ccccc3c2)C1=O)N1CCCC1. The summed E-state index contributed by atoms with van der Waals surface area (Å²) in [5.74, 6) is 0.00245. The minimum absolute atomic E-state index is 0.180. The number of carbonyl (C=O) groups is 3. The Balaban J connectivity index is 1.30. The smallest absolute Gasteiger partial charge is 0.294 e. The van der Waals surface area contributed by atoms with Crippen molar-refractivity contribution in [3.8, 4) is 5.75 Å². The maximum atomic E-state index is 12.9. The number of hydrogen-bond acceptors (Lipinski definition) is 5. The molecule has 2 aliphatic heterocycles. The second-order valence-corrected chi connectivity index (χ2v) is 9.36. The first-order valence-electron chi connectivity index (χ1n) is 11.3. The summed E-state index contributed by atoms with van der Waals surface area (Å²) in [5, 5.41) is 1.90. The van der Waals surface area contributed by atoms with Gasteiger partial charge in [0.25, 0.3) is 11.1 Å². The Kier molecular flexibility index (Phi) is 6.36. The molecule has 34 heavy (non-hydrogen) atoms. The van der Waals surface area contributed by atoms with E-state index in [9.17, 15) is 14.4 Å². The van der Waals surface area contributed by atoms with Crippen molar-refractivity contribution in [3.63, 3.8) is 0 Å². The molecule has 2 aliphatic rings. The summed E-state index contributed by atoms with van der Waals surface area (Å²) in [5.41, 5.74) is 1.74. The van der Waals surface area contributed by atoms with E-state index in [1.54, 1.807) is 11.0 Å². The van der Waals surface area contributed by atoms with Crippen molar-refractivity contribution in [2.75, 3.05) is 19.6 Å². The number of likely N-dealkylation sites (tertiary alicyclic amines) is 1. The Morgan fingerprint density at radius 3 is 2.50 bits per heavy atom. The molecule has 3 aromatic rings. The summed E-state index contributed by atoms with van der Waals surface area (Å²) in [4.78, 5) is 40.8. The number of hydrogen-bond donors (Lipinski definition) is 0. The third-order valence-electron chi connectivity index (χ3n) is 6.04. The van der Waals surface area contributed by atoms with Crippen molar-refractivity contribution in [1.82, 2.24) is 9.80 Å². The van der Waals surface area contributed by atoms with Crippen LogP contribution in [0.2, 0.25) is 0 Å². The molecule has 3 aromatic carbocycles. The van der Waals surface area contributed by atoms with E-state index in [1.165, 1.54) is 5.39 Å². The number of benzene rings is 3. The minimum Gasteiger partial charge on any atom is -0.488 e. The van der Waals surface area contributed by atoms with Gasteiger partial charge in [-0.3, -0.25) is 19.3 Å². The van der Waals surface area contributed by atoms with Crippen molar-refractivity contribution in [1.29, 1.82) is 0 Å². The van der Waals surface area contributed by atoms with Gasteiger partial charge in [0.1, 0.15) is 18.9 Å². The van der Waals surface area contributed by atoms with Gasteiger partial charge in [-0.2, -0.15) is 0 Å². The van der Waals surface area contributed by atoms with Crippen LogP contribution in [0.15, 0.2) is 71.6 Å². The van der Waals surface area contributed by atoms with Crippen LogP contribution in [0.4, 0.5) is 4.79 Å². The highest BCUT2D eigenvalue weighted by Crippen LogP contribution is 2.34. The highest BCUT2D eigenvalue weighted by Gasteiger charge is 2.37. The van der Waals surface area contributed by atoms with Gasteiger partial charge >= 0.3 is 0 Å². The zero-order valence-corrected chi connectivity index (χ0v) is 19.4. The van der Waals surface area contributed by atoms with Crippen molar-refractivity contribution in [2.45, 2.75) is 19.4 Å². The Bertz CT molecular complexity index is 1300. The maximum absolute atomic E-state index is 12.9. The van der Waals surface area contributed by atoms with E-state index in [0.717, 1.165) is 40.5 Å². The summed E-state index contributed by atoms with van der Waals surface area (Å²) in [6, 6.07) is 21.8. The fraction of sp³-hybridized carbons (Fsp3) is 0.222. The third-order valence-corrected chi connectivity index (χ3v) is 6.95. The normalized spacial score (nSPS) is 17.2. The molecule has 0 aliphatic carbocycles. The quantitative estimate of drug-likeness (QED) is 0.468. The number of para-hydroxylation sites is 1. The maximum Gasteiger partial charge on any atom is 0.294 e. The van der Waals surface area contributed by atoms with E-state index in [4.69, 9.17) is 4.74 Å². The molecule has 172 valence electrons. The Hall–Kier alpha value is -3.58. The number of carbonyl (C=O) groups excluding carboxylic acids is 3. The highest BCUT2D eigenvalue weighted by atomic mass is 32.2. The molecular formula is C27H24N2O4S. The number of imide groups is 1. The summed E-state index contributed by atoms with van der Waals surface area (Å²) < 4.78 is 6.08. The van der Waals surface area contributed by atoms with Crippen LogP contribution in [0.5, 0.6) is 5.75 Å². The Morgan fingerprint density at radius 1 is 0.941 bits per heavy atom. The number of thioether (sulfide) groups is 1. The molecule has 6 nitrogen and oxygen atoms in total. The van der Waals surface area contributed by atoms with Crippen molar-refractivity contribution >= 4 is 45.7 Å². The molecule has 2 heterocycles. The second kappa shape index (κ2) is 9.73. The lowest BCUT2D eigenvalue weighted by atomic mass is 10.1. The predicted molar refractivity (Wildman–Crippen MR) is 133 cm³/mol. The molecule has 2 fully saturated rings. The molecule has 0 spiro atoms. The predicted octanol–water partition coefficient (Wildman–Crippen LogP) is 5.08. The average molecular weight is 473 g/mol. The third kappa shape index (κ3) is 4.70. The molecule has 0 aromatic heterocycles. The van der Waals surface area contributed by atoms with Crippen LogP contribution in [-0.4, -0.2) is 46.5 Å². The first-order valence-corrected chi connectivity index (χ1v) is 12.1. The zero-order chi connectivity index (χ0) is 23.5. The summed E-state index contributed by atoms with van der Waals surface area (Å²) in [6.45, 7) is 1.54. The van der Waals surface area contributed by atoms with Gasteiger partial charge in [-0.05, 0) is 59.1 Å². The van der Waals surface area contributed by atoms with Gasteiger partial charge in [-0.1, -0.05) is 54.6 Å². The van der Waals surface area contributed by atoms with Crippen LogP contribution in [0.3, 0.4) is 0 Å². The standard InChI is InChI=1S/C27H24N2O4S/c30-25(28-13-5-6-14-28)17-29-26(31)24(34-27(29)32)16-22-9-3-4-10-23(22)33-18-19-11-12-20-7-1-2-8-21(20)15-19/h1-4,7-12,15-16H,5-6,13-14,17-18H2/b24-16-. The van der Waals surface area contributed by atoms with Crippen LogP contribution in [-0.2, 0) is 16.2 Å². The molecule has 5 rings (SSSR count). The molecule has 2 saturated heterocycles. The van der Waals surface area contributed by atoms with E-state index < -0.39 is 11.1 Å². The fourth-order valence-corrected chi connectivity index (χ4v) is 5.03. The fourth-order valence-electron chi connectivity index (χ4n) is 4.20. The molecule has 0 atom stereocenters. The first kappa shape index (κ1) is 22.2. The van der Waals surface area contributed by atoms with E-state index in [-0.39, 0.29) is 12.5 Å². The molecular weight excluding hydrogens is 448 g/mol. The lowest BCUT2D eigenvalue weighted by molar-refractivity contribution is -0.135. The van der Waals surface area contributed by atoms with Crippen LogP contribution in [0.1, 0.15) is 24.0 Å². The minimum atomic E-state index is -0.438. The first-order chi connectivity index (χ1) is 16.6. The Labute approximate surface area is 202 Å². The average Bonchev–Trinajstić information content (AvgIpc) is 3.48. The molecule has 0 radical (unpaired) electrons. The van der Waals surface area contributed by atoms with E-state index in [0.29, 0.717) is 35.9 Å².